The third kappa shape index (κ3) is 3.90. The molecule has 0 saturated heterocycles. The second kappa shape index (κ2) is 7.64. The van der Waals surface area contributed by atoms with Gasteiger partial charge in [0.1, 0.15) is 17.4 Å². The highest BCUT2D eigenvalue weighted by Gasteiger charge is 2.17. The van der Waals surface area contributed by atoms with Gasteiger partial charge in [-0.2, -0.15) is 5.26 Å². The Labute approximate surface area is 158 Å². The topological polar surface area (TPSA) is 105 Å². The lowest BCUT2D eigenvalue weighted by Gasteiger charge is -2.00. The van der Waals surface area contributed by atoms with E-state index < -0.39 is 0 Å². The van der Waals surface area contributed by atoms with Crippen LogP contribution in [0.25, 0.3) is 11.5 Å². The molecule has 26 heavy (non-hydrogen) atoms. The first-order valence-electron chi connectivity index (χ1n) is 7.50. The molecule has 1 N–H and O–H groups in total. The van der Waals surface area contributed by atoms with Gasteiger partial charge in [0.2, 0.25) is 17.7 Å². The van der Waals surface area contributed by atoms with Crippen LogP contribution in [0.5, 0.6) is 0 Å². The average Bonchev–Trinajstić information content (AvgIpc) is 3.19. The number of nitrogens with zero attached hydrogens (tertiary/aromatic N) is 3. The summed E-state index contributed by atoms with van der Waals surface area (Å²) >= 11 is 6.93. The summed E-state index contributed by atoms with van der Waals surface area (Å²) in [7, 11) is 0. The molecular weight excluding hydrogens is 376 g/mol. The van der Waals surface area contributed by atoms with Crippen LogP contribution in [-0.2, 0) is 4.79 Å². The minimum atomic E-state index is -0.341. The predicted molar refractivity (Wildman–Crippen MR) is 97.0 cm³/mol. The molecular formula is C17H13ClN4O3S. The highest BCUT2D eigenvalue weighted by molar-refractivity contribution is 7.99. The number of nitriles is 1. The number of hydrogen-bond donors (Lipinski definition) is 1. The summed E-state index contributed by atoms with van der Waals surface area (Å²) in [4.78, 5) is 12.1. The van der Waals surface area contributed by atoms with E-state index in [0.717, 1.165) is 17.3 Å². The van der Waals surface area contributed by atoms with E-state index >= 15 is 0 Å². The Morgan fingerprint density at radius 1 is 1.27 bits per heavy atom. The molecule has 0 saturated carbocycles. The van der Waals surface area contributed by atoms with Gasteiger partial charge in [0.25, 0.3) is 5.22 Å². The predicted octanol–water partition coefficient (Wildman–Crippen LogP) is 4.20. The molecule has 0 atom stereocenters. The van der Waals surface area contributed by atoms with Crippen LogP contribution in [0.15, 0.2) is 38.3 Å². The Hall–Kier alpha value is -2.76. The molecule has 9 heteroatoms. The van der Waals surface area contributed by atoms with Gasteiger partial charge < -0.3 is 8.83 Å². The number of rotatable bonds is 5. The maximum absolute atomic E-state index is 12.1. The van der Waals surface area contributed by atoms with Crippen LogP contribution in [0.2, 0.25) is 5.02 Å². The second-order valence-electron chi connectivity index (χ2n) is 5.32. The van der Waals surface area contributed by atoms with E-state index in [2.05, 4.69) is 15.5 Å². The molecule has 0 bridgehead atoms. The Morgan fingerprint density at radius 2 is 2.00 bits per heavy atom. The molecule has 7 nitrogen and oxygen atoms in total. The molecule has 1 aromatic carbocycles. The van der Waals surface area contributed by atoms with Gasteiger partial charge in [0, 0.05) is 16.1 Å². The summed E-state index contributed by atoms with van der Waals surface area (Å²) < 4.78 is 10.9. The van der Waals surface area contributed by atoms with E-state index in [1.165, 1.54) is 0 Å². The lowest BCUT2D eigenvalue weighted by Crippen LogP contribution is -2.14. The molecule has 2 heterocycles. The lowest BCUT2D eigenvalue weighted by atomic mass is 10.2. The minimum absolute atomic E-state index is 0.0336. The molecule has 1 amide bonds. The Bertz CT molecular complexity index is 989. The van der Waals surface area contributed by atoms with Gasteiger partial charge in [0.05, 0.1) is 5.75 Å². The zero-order valence-electron chi connectivity index (χ0n) is 13.9. The van der Waals surface area contributed by atoms with E-state index in [1.54, 1.807) is 38.1 Å². The number of carbonyl (C=O) groups is 1. The molecule has 2 aromatic heterocycles. The molecule has 0 fully saturated rings. The number of furan rings is 1. The van der Waals surface area contributed by atoms with Crippen molar-refractivity contribution in [3.8, 4) is 17.5 Å². The number of benzene rings is 1. The van der Waals surface area contributed by atoms with Gasteiger partial charge in [-0.15, -0.1) is 10.2 Å². The number of aryl methyl sites for hydroxylation is 1. The van der Waals surface area contributed by atoms with Crippen molar-refractivity contribution in [3.05, 3.63) is 46.2 Å². The summed E-state index contributed by atoms with van der Waals surface area (Å²) in [6, 6.07) is 9.00. The van der Waals surface area contributed by atoms with Crippen molar-refractivity contribution < 1.29 is 13.6 Å². The molecule has 3 rings (SSSR count). The largest absolute Gasteiger partial charge is 0.444 e. The number of nitrogens with one attached hydrogen (secondary N) is 1. The molecule has 0 aliphatic carbocycles. The van der Waals surface area contributed by atoms with Crippen LogP contribution in [0, 0.1) is 25.2 Å². The van der Waals surface area contributed by atoms with Crippen molar-refractivity contribution in [1.82, 2.24) is 10.2 Å². The van der Waals surface area contributed by atoms with Crippen LogP contribution in [0.4, 0.5) is 5.88 Å². The molecule has 0 aliphatic rings. The zero-order chi connectivity index (χ0) is 18.7. The molecule has 0 spiro atoms. The Morgan fingerprint density at radius 3 is 2.69 bits per heavy atom. The maximum Gasteiger partial charge on any atom is 0.277 e. The Balaban J connectivity index is 1.61. The van der Waals surface area contributed by atoms with E-state index in [4.69, 9.17) is 25.7 Å². The molecule has 3 aromatic rings. The standard InChI is InChI=1S/C17H13ClN4O3S/c1-9-10(2)24-16(13(9)7-19)20-14(23)8-26-17-22-21-15(25-17)11-3-5-12(18)6-4-11/h3-6H,8H2,1-2H3,(H,20,23). The fraction of sp³-hybridized carbons (Fsp3) is 0.176. The second-order valence-corrected chi connectivity index (χ2v) is 6.68. The molecule has 0 unspecified atom stereocenters. The van der Waals surface area contributed by atoms with E-state index in [-0.39, 0.29) is 22.8 Å². The van der Waals surface area contributed by atoms with Crippen LogP contribution in [0.1, 0.15) is 16.9 Å². The summed E-state index contributed by atoms with van der Waals surface area (Å²) in [5, 5.41) is 20.5. The monoisotopic (exact) mass is 388 g/mol. The summed E-state index contributed by atoms with van der Waals surface area (Å²) in [6.07, 6.45) is 0. The first kappa shape index (κ1) is 18.0. The smallest absolute Gasteiger partial charge is 0.277 e. The number of aromatic nitrogens is 2. The highest BCUT2D eigenvalue weighted by atomic mass is 35.5. The first-order valence-corrected chi connectivity index (χ1v) is 8.86. The fourth-order valence-corrected chi connectivity index (χ4v) is 2.81. The number of amides is 1. The van der Waals surface area contributed by atoms with Crippen molar-refractivity contribution in [3.63, 3.8) is 0 Å². The highest BCUT2D eigenvalue weighted by Crippen LogP contribution is 2.27. The number of carbonyl (C=O) groups excluding carboxylic acids is 1. The molecule has 132 valence electrons. The summed E-state index contributed by atoms with van der Waals surface area (Å²) in [5.74, 6) is 0.779. The maximum atomic E-state index is 12.1. The van der Waals surface area contributed by atoms with Crippen molar-refractivity contribution in [2.75, 3.05) is 11.1 Å². The van der Waals surface area contributed by atoms with Gasteiger partial charge >= 0.3 is 0 Å². The number of thioether (sulfide) groups is 1. The summed E-state index contributed by atoms with van der Waals surface area (Å²) in [5.41, 5.74) is 1.77. The van der Waals surface area contributed by atoms with Crippen LogP contribution in [-0.4, -0.2) is 21.9 Å². The normalized spacial score (nSPS) is 10.5. The summed E-state index contributed by atoms with van der Waals surface area (Å²) in [6.45, 7) is 3.50. The van der Waals surface area contributed by atoms with E-state index in [0.29, 0.717) is 27.8 Å². The number of halogens is 1. The van der Waals surface area contributed by atoms with Crippen LogP contribution in [0.3, 0.4) is 0 Å². The van der Waals surface area contributed by atoms with Crippen LogP contribution < -0.4 is 5.32 Å². The third-order valence-corrected chi connectivity index (χ3v) is 4.64. The van der Waals surface area contributed by atoms with E-state index in [9.17, 15) is 4.79 Å². The molecule has 0 radical (unpaired) electrons. The van der Waals surface area contributed by atoms with Gasteiger partial charge in [0.15, 0.2) is 0 Å². The minimum Gasteiger partial charge on any atom is -0.444 e. The van der Waals surface area contributed by atoms with Crippen molar-refractivity contribution in [2.24, 2.45) is 0 Å². The molecule has 0 aliphatic heterocycles. The zero-order valence-corrected chi connectivity index (χ0v) is 15.4. The van der Waals surface area contributed by atoms with Crippen molar-refractivity contribution >= 4 is 35.2 Å². The van der Waals surface area contributed by atoms with Crippen molar-refractivity contribution in [2.45, 2.75) is 19.1 Å². The quantitative estimate of drug-likeness (QED) is 0.653. The van der Waals surface area contributed by atoms with Crippen molar-refractivity contribution in [1.29, 1.82) is 5.26 Å². The number of anilines is 1. The number of hydrogen-bond acceptors (Lipinski definition) is 7. The van der Waals surface area contributed by atoms with E-state index in [1.807, 2.05) is 6.07 Å². The average molecular weight is 389 g/mol. The Kier molecular flexibility index (Phi) is 5.30. The third-order valence-electron chi connectivity index (χ3n) is 3.57. The lowest BCUT2D eigenvalue weighted by molar-refractivity contribution is -0.113. The first-order chi connectivity index (χ1) is 12.5. The van der Waals surface area contributed by atoms with Gasteiger partial charge in [-0.1, -0.05) is 23.4 Å². The van der Waals surface area contributed by atoms with Crippen LogP contribution >= 0.6 is 23.4 Å². The fourth-order valence-electron chi connectivity index (χ4n) is 2.12. The van der Waals surface area contributed by atoms with Gasteiger partial charge in [-0.3, -0.25) is 10.1 Å². The van der Waals surface area contributed by atoms with Gasteiger partial charge in [-0.05, 0) is 38.1 Å². The van der Waals surface area contributed by atoms with Gasteiger partial charge in [-0.25, -0.2) is 0 Å². The SMILES string of the molecule is Cc1oc(NC(=O)CSc2nnc(-c3ccc(Cl)cc3)o2)c(C#N)c1C.